The highest BCUT2D eigenvalue weighted by Crippen LogP contribution is 2.21. The summed E-state index contributed by atoms with van der Waals surface area (Å²) in [6.07, 6.45) is -0.591. The van der Waals surface area contributed by atoms with Crippen molar-refractivity contribution >= 4 is 23.0 Å². The molecular formula is C24H26N2O2. The number of amides is 1. The molecule has 0 unspecified atom stereocenters. The van der Waals surface area contributed by atoms with Gasteiger partial charge in [0.25, 0.3) is 5.91 Å². The van der Waals surface area contributed by atoms with Crippen LogP contribution >= 0.6 is 0 Å². The zero-order chi connectivity index (χ0) is 19.9. The fraction of sp³-hybridized carbons (Fsp3) is 0.208. The molecule has 0 saturated carbocycles. The number of rotatable bonds is 7. The molecule has 0 bridgehead atoms. The monoisotopic (exact) mass is 374 g/mol. The molecule has 1 amide bonds. The molecule has 144 valence electrons. The van der Waals surface area contributed by atoms with Crippen molar-refractivity contribution in [2.45, 2.75) is 32.8 Å². The van der Waals surface area contributed by atoms with Crippen LogP contribution in [0, 0.1) is 0 Å². The minimum absolute atomic E-state index is 0.184. The number of carbonyl (C=O) groups is 1. The normalized spacial score (nSPS) is 11.7. The van der Waals surface area contributed by atoms with Gasteiger partial charge in [-0.2, -0.15) is 0 Å². The largest absolute Gasteiger partial charge is 0.481 e. The van der Waals surface area contributed by atoms with Crippen molar-refractivity contribution in [2.24, 2.45) is 0 Å². The number of benzene rings is 3. The number of nitrogens with one attached hydrogen (secondary N) is 2. The second kappa shape index (κ2) is 9.09. The number of hydrogen-bond donors (Lipinski definition) is 2. The Morgan fingerprint density at radius 1 is 0.750 bits per heavy atom. The smallest absolute Gasteiger partial charge is 0.265 e. The lowest BCUT2D eigenvalue weighted by molar-refractivity contribution is -0.122. The van der Waals surface area contributed by atoms with E-state index in [1.807, 2.05) is 78.9 Å². The lowest BCUT2D eigenvalue weighted by Gasteiger charge is -2.16. The van der Waals surface area contributed by atoms with Crippen molar-refractivity contribution in [1.82, 2.24) is 0 Å². The van der Waals surface area contributed by atoms with E-state index in [0.717, 1.165) is 17.1 Å². The number of anilines is 3. The maximum absolute atomic E-state index is 12.4. The Morgan fingerprint density at radius 2 is 1.32 bits per heavy atom. The van der Waals surface area contributed by atoms with Crippen LogP contribution in [-0.4, -0.2) is 12.0 Å². The maximum Gasteiger partial charge on any atom is 0.265 e. The van der Waals surface area contributed by atoms with Crippen molar-refractivity contribution in [3.05, 3.63) is 84.4 Å². The van der Waals surface area contributed by atoms with Gasteiger partial charge >= 0.3 is 0 Å². The summed E-state index contributed by atoms with van der Waals surface area (Å²) in [5.41, 5.74) is 3.95. The van der Waals surface area contributed by atoms with E-state index < -0.39 is 6.10 Å². The van der Waals surface area contributed by atoms with Gasteiger partial charge in [0, 0.05) is 17.1 Å². The number of ether oxygens (including phenoxy) is 1. The summed E-state index contributed by atoms with van der Waals surface area (Å²) in [6.45, 7) is 6.04. The van der Waals surface area contributed by atoms with Gasteiger partial charge < -0.3 is 15.4 Å². The quantitative estimate of drug-likeness (QED) is 0.536. The Balaban J connectivity index is 1.54. The van der Waals surface area contributed by atoms with Crippen LogP contribution in [0.1, 0.15) is 32.3 Å². The van der Waals surface area contributed by atoms with Crippen molar-refractivity contribution in [3.63, 3.8) is 0 Å². The molecule has 4 nitrogen and oxygen atoms in total. The van der Waals surface area contributed by atoms with E-state index in [-0.39, 0.29) is 5.91 Å². The van der Waals surface area contributed by atoms with Crippen molar-refractivity contribution in [3.8, 4) is 5.75 Å². The van der Waals surface area contributed by atoms with Crippen LogP contribution in [0.4, 0.5) is 17.1 Å². The summed E-state index contributed by atoms with van der Waals surface area (Å²) in [6, 6.07) is 25.4. The van der Waals surface area contributed by atoms with Gasteiger partial charge in [-0.05, 0) is 66.9 Å². The van der Waals surface area contributed by atoms with Crippen LogP contribution in [0.5, 0.6) is 5.75 Å². The van der Waals surface area contributed by atoms with Gasteiger partial charge in [-0.15, -0.1) is 0 Å². The van der Waals surface area contributed by atoms with Crippen LogP contribution < -0.4 is 15.4 Å². The molecule has 0 fully saturated rings. The van der Waals surface area contributed by atoms with Gasteiger partial charge in [0.15, 0.2) is 6.10 Å². The first kappa shape index (κ1) is 19.5. The molecule has 3 rings (SSSR count). The van der Waals surface area contributed by atoms with Crippen LogP contribution in [0.3, 0.4) is 0 Å². The van der Waals surface area contributed by atoms with Crippen molar-refractivity contribution < 1.29 is 9.53 Å². The Kier molecular flexibility index (Phi) is 6.33. The SMILES string of the molecule is CC(C)c1ccc(O[C@@H](C)C(=O)Nc2ccc(Nc3ccccc3)cc2)cc1. The average Bonchev–Trinajstić information content (AvgIpc) is 2.70. The predicted molar refractivity (Wildman–Crippen MR) is 115 cm³/mol. The van der Waals surface area contributed by atoms with E-state index in [9.17, 15) is 4.79 Å². The van der Waals surface area contributed by atoms with Gasteiger partial charge in [-0.1, -0.05) is 44.2 Å². The molecule has 0 spiro atoms. The van der Waals surface area contributed by atoms with Crippen LogP contribution in [0.25, 0.3) is 0 Å². The van der Waals surface area contributed by atoms with Gasteiger partial charge in [0.1, 0.15) is 5.75 Å². The molecule has 3 aromatic rings. The third-order valence-electron chi connectivity index (χ3n) is 4.44. The number of carbonyl (C=O) groups excluding carboxylic acids is 1. The van der Waals surface area contributed by atoms with Gasteiger partial charge in [0.2, 0.25) is 0 Å². The lowest BCUT2D eigenvalue weighted by atomic mass is 10.0. The molecule has 0 heterocycles. The summed E-state index contributed by atoms with van der Waals surface area (Å²) in [4.78, 5) is 12.4. The third-order valence-corrected chi connectivity index (χ3v) is 4.44. The molecule has 2 N–H and O–H groups in total. The molecule has 4 heteroatoms. The van der Waals surface area contributed by atoms with Crippen LogP contribution in [-0.2, 0) is 4.79 Å². The number of para-hydroxylation sites is 1. The summed E-state index contributed by atoms with van der Waals surface area (Å²) in [7, 11) is 0. The molecule has 0 radical (unpaired) electrons. The minimum atomic E-state index is -0.591. The van der Waals surface area contributed by atoms with Crippen molar-refractivity contribution in [1.29, 1.82) is 0 Å². The summed E-state index contributed by atoms with van der Waals surface area (Å²) in [5, 5.41) is 6.21. The first-order valence-corrected chi connectivity index (χ1v) is 9.51. The predicted octanol–water partition coefficient (Wildman–Crippen LogP) is 5.96. The Hall–Kier alpha value is -3.27. The van der Waals surface area contributed by atoms with Gasteiger partial charge in [0.05, 0.1) is 0 Å². The van der Waals surface area contributed by atoms with Gasteiger partial charge in [-0.3, -0.25) is 4.79 Å². The Labute approximate surface area is 166 Å². The molecule has 0 aliphatic carbocycles. The second-order valence-electron chi connectivity index (χ2n) is 7.04. The van der Waals surface area contributed by atoms with Crippen LogP contribution in [0.15, 0.2) is 78.9 Å². The highest BCUT2D eigenvalue weighted by atomic mass is 16.5. The molecule has 0 aromatic heterocycles. The molecule has 0 saturated heterocycles. The molecule has 0 aliphatic heterocycles. The Morgan fingerprint density at radius 3 is 1.93 bits per heavy atom. The van der Waals surface area contributed by atoms with E-state index in [2.05, 4.69) is 24.5 Å². The average molecular weight is 374 g/mol. The molecule has 28 heavy (non-hydrogen) atoms. The molecule has 0 aliphatic rings. The highest BCUT2D eigenvalue weighted by Gasteiger charge is 2.15. The fourth-order valence-electron chi connectivity index (χ4n) is 2.76. The van der Waals surface area contributed by atoms with E-state index in [0.29, 0.717) is 11.7 Å². The van der Waals surface area contributed by atoms with Crippen LogP contribution in [0.2, 0.25) is 0 Å². The topological polar surface area (TPSA) is 50.4 Å². The van der Waals surface area contributed by atoms with Gasteiger partial charge in [-0.25, -0.2) is 0 Å². The minimum Gasteiger partial charge on any atom is -0.481 e. The first-order chi connectivity index (χ1) is 13.5. The summed E-state index contributed by atoms with van der Waals surface area (Å²) >= 11 is 0. The number of hydrogen-bond acceptors (Lipinski definition) is 3. The van der Waals surface area contributed by atoms with E-state index in [4.69, 9.17) is 4.74 Å². The maximum atomic E-state index is 12.4. The van der Waals surface area contributed by atoms with E-state index >= 15 is 0 Å². The molecular weight excluding hydrogens is 348 g/mol. The highest BCUT2D eigenvalue weighted by molar-refractivity contribution is 5.94. The third kappa shape index (κ3) is 5.36. The fourth-order valence-corrected chi connectivity index (χ4v) is 2.76. The molecule has 3 aromatic carbocycles. The standard InChI is InChI=1S/C24H26N2O2/c1-17(2)19-9-15-23(16-10-19)28-18(3)24(27)26-22-13-11-21(12-14-22)25-20-7-5-4-6-8-20/h4-18,25H,1-3H3,(H,26,27)/t18-/m0/s1. The van der Waals surface area contributed by atoms with Crippen molar-refractivity contribution in [2.75, 3.05) is 10.6 Å². The Bertz CT molecular complexity index is 888. The van der Waals surface area contributed by atoms with E-state index in [1.54, 1.807) is 6.92 Å². The zero-order valence-electron chi connectivity index (χ0n) is 16.5. The summed E-state index contributed by atoms with van der Waals surface area (Å²) < 4.78 is 5.76. The summed E-state index contributed by atoms with van der Waals surface area (Å²) in [5.74, 6) is 0.972. The lowest BCUT2D eigenvalue weighted by Crippen LogP contribution is -2.30. The second-order valence-corrected chi connectivity index (χ2v) is 7.04. The zero-order valence-corrected chi connectivity index (χ0v) is 16.5. The molecule has 1 atom stereocenters. The van der Waals surface area contributed by atoms with E-state index in [1.165, 1.54) is 5.56 Å². The first-order valence-electron chi connectivity index (χ1n) is 9.51.